The fourth-order valence-electron chi connectivity index (χ4n) is 2.58. The van der Waals surface area contributed by atoms with Crippen molar-refractivity contribution in [1.29, 1.82) is 0 Å². The van der Waals surface area contributed by atoms with E-state index < -0.39 is 0 Å². The van der Waals surface area contributed by atoms with Gasteiger partial charge in [-0.3, -0.25) is 0 Å². The van der Waals surface area contributed by atoms with Crippen LogP contribution in [0.25, 0.3) is 4.96 Å². The Balaban J connectivity index is 1.72. The van der Waals surface area contributed by atoms with Gasteiger partial charge >= 0.3 is 0 Å². The van der Waals surface area contributed by atoms with Crippen LogP contribution in [0.1, 0.15) is 45.7 Å². The van der Waals surface area contributed by atoms with E-state index in [2.05, 4.69) is 36.2 Å². The molecule has 6 heteroatoms. The Bertz CT molecular complexity index is 566. The smallest absolute Gasteiger partial charge is 0.214 e. The number of aromatic nitrogens is 3. The van der Waals surface area contributed by atoms with Crippen LogP contribution < -0.4 is 5.32 Å². The monoisotopic (exact) mass is 294 g/mol. The summed E-state index contributed by atoms with van der Waals surface area (Å²) < 4.78 is 7.29. The predicted molar refractivity (Wildman–Crippen MR) is 81.6 cm³/mol. The summed E-state index contributed by atoms with van der Waals surface area (Å²) in [6.07, 6.45) is 5.76. The third kappa shape index (κ3) is 2.67. The van der Waals surface area contributed by atoms with Gasteiger partial charge in [-0.1, -0.05) is 32.1 Å². The van der Waals surface area contributed by atoms with Crippen molar-refractivity contribution in [2.24, 2.45) is 0 Å². The molecule has 1 aliphatic rings. The van der Waals surface area contributed by atoms with Crippen LogP contribution in [0.15, 0.2) is 6.20 Å². The van der Waals surface area contributed by atoms with Crippen LogP contribution in [-0.4, -0.2) is 33.9 Å². The number of methoxy groups -OCH3 is 1. The minimum atomic E-state index is 0.0676. The summed E-state index contributed by atoms with van der Waals surface area (Å²) in [7, 11) is 1.79. The van der Waals surface area contributed by atoms with Crippen molar-refractivity contribution in [3.8, 4) is 0 Å². The number of imidazole rings is 1. The lowest BCUT2D eigenvalue weighted by Crippen LogP contribution is -2.17. The van der Waals surface area contributed by atoms with Gasteiger partial charge in [0.1, 0.15) is 0 Å². The second-order valence-electron chi connectivity index (χ2n) is 6.52. The maximum absolute atomic E-state index is 5.40. The molecule has 0 bridgehead atoms. The molecule has 1 N–H and O–H groups in total. The molecule has 1 saturated carbocycles. The lowest BCUT2D eigenvalue weighted by molar-refractivity contribution is 0.108. The SMILES string of the molecule is COC1CCC(Nc2nn3cc(C(C)(C)C)nc3s2)C1. The quantitative estimate of drug-likeness (QED) is 0.945. The molecule has 0 aliphatic heterocycles. The molecule has 1 aliphatic carbocycles. The van der Waals surface area contributed by atoms with Crippen molar-refractivity contribution in [3.05, 3.63) is 11.9 Å². The van der Waals surface area contributed by atoms with Crippen LogP contribution in [0, 0.1) is 0 Å². The topological polar surface area (TPSA) is 51.5 Å². The van der Waals surface area contributed by atoms with Crippen LogP contribution in [0.4, 0.5) is 5.13 Å². The maximum atomic E-state index is 5.40. The highest BCUT2D eigenvalue weighted by Gasteiger charge is 2.25. The van der Waals surface area contributed by atoms with Gasteiger partial charge in [0.15, 0.2) is 0 Å². The molecule has 2 aromatic rings. The number of anilines is 1. The van der Waals surface area contributed by atoms with Gasteiger partial charge in [0, 0.05) is 18.6 Å². The first kappa shape index (κ1) is 13.8. The zero-order chi connectivity index (χ0) is 14.3. The van der Waals surface area contributed by atoms with Gasteiger partial charge in [-0.15, -0.1) is 5.10 Å². The third-order valence-electron chi connectivity index (χ3n) is 3.86. The van der Waals surface area contributed by atoms with Crippen molar-refractivity contribution in [1.82, 2.24) is 14.6 Å². The van der Waals surface area contributed by atoms with Crippen LogP contribution in [0.3, 0.4) is 0 Å². The molecule has 2 heterocycles. The minimum absolute atomic E-state index is 0.0676. The van der Waals surface area contributed by atoms with Crippen molar-refractivity contribution in [2.75, 3.05) is 12.4 Å². The molecule has 0 amide bonds. The Morgan fingerprint density at radius 2 is 2.20 bits per heavy atom. The van der Waals surface area contributed by atoms with E-state index in [0.717, 1.165) is 35.0 Å². The van der Waals surface area contributed by atoms with E-state index in [1.54, 1.807) is 18.4 Å². The number of nitrogens with zero attached hydrogens (tertiary/aromatic N) is 3. The van der Waals surface area contributed by atoms with Gasteiger partial charge in [-0.2, -0.15) is 0 Å². The second-order valence-corrected chi connectivity index (χ2v) is 7.48. The van der Waals surface area contributed by atoms with Gasteiger partial charge in [-0.25, -0.2) is 9.50 Å². The Kier molecular flexibility index (Phi) is 3.46. The van der Waals surface area contributed by atoms with Crippen molar-refractivity contribution in [2.45, 2.75) is 57.6 Å². The van der Waals surface area contributed by atoms with Crippen LogP contribution in [0.5, 0.6) is 0 Å². The summed E-state index contributed by atoms with van der Waals surface area (Å²) in [4.78, 5) is 5.62. The molecule has 20 heavy (non-hydrogen) atoms. The summed E-state index contributed by atoms with van der Waals surface area (Å²) in [6.45, 7) is 6.51. The van der Waals surface area contributed by atoms with E-state index in [1.807, 2.05) is 10.7 Å². The molecule has 0 saturated heterocycles. The summed E-state index contributed by atoms with van der Waals surface area (Å²) in [5.74, 6) is 0. The van der Waals surface area contributed by atoms with Gasteiger partial charge in [-0.05, 0) is 19.3 Å². The molecular formula is C14H22N4OS. The average molecular weight is 294 g/mol. The zero-order valence-corrected chi connectivity index (χ0v) is 13.3. The molecule has 3 rings (SSSR count). The molecule has 0 spiro atoms. The summed E-state index contributed by atoms with van der Waals surface area (Å²) in [6, 6.07) is 0.470. The Hall–Kier alpha value is -1.14. The highest BCUT2D eigenvalue weighted by Crippen LogP contribution is 2.29. The third-order valence-corrected chi connectivity index (χ3v) is 4.71. The van der Waals surface area contributed by atoms with E-state index in [4.69, 9.17) is 4.74 Å². The molecular weight excluding hydrogens is 272 g/mol. The molecule has 0 radical (unpaired) electrons. The first-order valence-electron chi connectivity index (χ1n) is 7.12. The van der Waals surface area contributed by atoms with E-state index >= 15 is 0 Å². The Labute approximate surface area is 123 Å². The molecule has 1 fully saturated rings. The van der Waals surface area contributed by atoms with Gasteiger partial charge < -0.3 is 10.1 Å². The van der Waals surface area contributed by atoms with Gasteiger partial charge in [0.2, 0.25) is 10.1 Å². The molecule has 5 nitrogen and oxygen atoms in total. The van der Waals surface area contributed by atoms with E-state index in [1.165, 1.54) is 0 Å². The number of ether oxygens (including phenoxy) is 1. The first-order chi connectivity index (χ1) is 9.45. The number of nitrogens with one attached hydrogen (secondary N) is 1. The van der Waals surface area contributed by atoms with Crippen molar-refractivity contribution >= 4 is 21.4 Å². The molecule has 2 atom stereocenters. The highest BCUT2D eigenvalue weighted by atomic mass is 32.1. The first-order valence-corrected chi connectivity index (χ1v) is 7.93. The second kappa shape index (κ2) is 5.00. The van der Waals surface area contributed by atoms with E-state index in [-0.39, 0.29) is 5.41 Å². The van der Waals surface area contributed by atoms with Crippen LogP contribution in [-0.2, 0) is 10.2 Å². The number of hydrogen-bond donors (Lipinski definition) is 1. The lowest BCUT2D eigenvalue weighted by atomic mass is 9.93. The van der Waals surface area contributed by atoms with E-state index in [0.29, 0.717) is 12.1 Å². The average Bonchev–Trinajstić information content (AvgIpc) is 3.01. The summed E-state index contributed by atoms with van der Waals surface area (Å²) in [5.41, 5.74) is 1.15. The molecule has 2 unspecified atom stereocenters. The molecule has 2 aromatic heterocycles. The van der Waals surface area contributed by atoms with Gasteiger partial charge in [0.25, 0.3) is 0 Å². The normalized spacial score (nSPS) is 23.6. The number of hydrogen-bond acceptors (Lipinski definition) is 5. The number of rotatable bonds is 3. The van der Waals surface area contributed by atoms with E-state index in [9.17, 15) is 0 Å². The van der Waals surface area contributed by atoms with Crippen LogP contribution >= 0.6 is 11.3 Å². The summed E-state index contributed by atoms with van der Waals surface area (Å²) >= 11 is 1.62. The number of fused-ring (bicyclic) bond motifs is 1. The molecule has 0 aromatic carbocycles. The predicted octanol–water partition coefficient (Wildman–Crippen LogP) is 3.07. The standard InChI is InChI=1S/C14H22N4OS/c1-14(2,3)11-8-18-13(16-11)20-12(17-18)15-9-5-6-10(7-9)19-4/h8-10H,5-7H2,1-4H3,(H,15,17). The zero-order valence-electron chi connectivity index (χ0n) is 12.5. The lowest BCUT2D eigenvalue weighted by Gasteiger charge is -2.13. The van der Waals surface area contributed by atoms with Gasteiger partial charge in [0.05, 0.1) is 18.0 Å². The van der Waals surface area contributed by atoms with Crippen LogP contribution in [0.2, 0.25) is 0 Å². The molecule has 110 valence electrons. The highest BCUT2D eigenvalue weighted by molar-refractivity contribution is 7.20. The fraction of sp³-hybridized carbons (Fsp3) is 0.714. The Morgan fingerprint density at radius 3 is 2.80 bits per heavy atom. The van der Waals surface area contributed by atoms with Crippen molar-refractivity contribution in [3.63, 3.8) is 0 Å². The summed E-state index contributed by atoms with van der Waals surface area (Å²) in [5, 5.41) is 9.04. The maximum Gasteiger partial charge on any atom is 0.214 e. The minimum Gasteiger partial charge on any atom is -0.381 e. The largest absolute Gasteiger partial charge is 0.381 e. The van der Waals surface area contributed by atoms with Crippen molar-refractivity contribution < 1.29 is 4.74 Å². The Morgan fingerprint density at radius 1 is 1.40 bits per heavy atom. The fourth-order valence-corrected chi connectivity index (χ4v) is 3.44.